The lowest BCUT2D eigenvalue weighted by atomic mass is 10.1. The number of nitrogens with one attached hydrogen (secondary N) is 2. The molecule has 64 valence electrons. The average molecular weight is 158 g/mol. The maximum atomic E-state index is 10.9. The van der Waals surface area contributed by atoms with Gasteiger partial charge in [-0.3, -0.25) is 10.0 Å². The molecule has 1 atom stereocenters. The summed E-state index contributed by atoms with van der Waals surface area (Å²) in [5.41, 5.74) is 1.66. The van der Waals surface area contributed by atoms with Crippen LogP contribution in [0.2, 0.25) is 0 Å². The summed E-state index contributed by atoms with van der Waals surface area (Å²) in [5.74, 6) is -0.313. The van der Waals surface area contributed by atoms with Crippen molar-refractivity contribution in [3.63, 3.8) is 0 Å². The minimum atomic E-state index is -0.313. The van der Waals surface area contributed by atoms with Crippen LogP contribution in [0.4, 0.5) is 0 Å². The lowest BCUT2D eigenvalue weighted by Crippen LogP contribution is -2.42. The van der Waals surface area contributed by atoms with Crippen molar-refractivity contribution in [2.45, 2.75) is 31.7 Å². The van der Waals surface area contributed by atoms with Crippen molar-refractivity contribution in [1.29, 1.82) is 0 Å². The molecule has 1 amide bonds. The average Bonchev–Trinajstić information content (AvgIpc) is 2.30. The molecule has 1 rings (SSSR count). The van der Waals surface area contributed by atoms with Gasteiger partial charge in [0.25, 0.3) is 5.91 Å². The topological polar surface area (TPSA) is 61.4 Å². The minimum Gasteiger partial charge on any atom is -0.306 e. The molecule has 0 saturated carbocycles. The van der Waals surface area contributed by atoms with Crippen LogP contribution in [0.25, 0.3) is 0 Å². The Morgan fingerprint density at radius 2 is 2.27 bits per heavy atom. The molecule has 0 bridgehead atoms. The fourth-order valence-electron chi connectivity index (χ4n) is 1.33. The quantitative estimate of drug-likeness (QED) is 0.372. The number of hydrogen-bond donors (Lipinski definition) is 3. The fraction of sp³-hybridized carbons (Fsp3) is 0.857. The third kappa shape index (κ3) is 2.48. The van der Waals surface area contributed by atoms with E-state index >= 15 is 0 Å². The molecule has 0 radical (unpaired) electrons. The van der Waals surface area contributed by atoms with Crippen molar-refractivity contribution in [3.05, 3.63) is 0 Å². The van der Waals surface area contributed by atoms with Crippen molar-refractivity contribution in [2.24, 2.45) is 0 Å². The Morgan fingerprint density at radius 1 is 1.45 bits per heavy atom. The first kappa shape index (κ1) is 8.49. The second-order valence-electron chi connectivity index (χ2n) is 2.83. The van der Waals surface area contributed by atoms with Gasteiger partial charge in [-0.1, -0.05) is 12.8 Å². The van der Waals surface area contributed by atoms with Gasteiger partial charge in [0.05, 0.1) is 6.04 Å². The van der Waals surface area contributed by atoms with Crippen LogP contribution in [0, 0.1) is 0 Å². The molecule has 1 heterocycles. The van der Waals surface area contributed by atoms with E-state index in [-0.39, 0.29) is 11.9 Å². The van der Waals surface area contributed by atoms with Crippen LogP contribution < -0.4 is 10.8 Å². The van der Waals surface area contributed by atoms with Crippen molar-refractivity contribution < 1.29 is 10.0 Å². The fourth-order valence-corrected chi connectivity index (χ4v) is 1.33. The van der Waals surface area contributed by atoms with E-state index < -0.39 is 0 Å². The number of rotatable bonds is 1. The van der Waals surface area contributed by atoms with Crippen molar-refractivity contribution in [1.82, 2.24) is 10.8 Å². The second kappa shape index (κ2) is 4.31. The largest absolute Gasteiger partial charge is 0.306 e. The maximum Gasteiger partial charge on any atom is 0.260 e. The molecule has 1 fully saturated rings. The third-order valence-electron chi connectivity index (χ3n) is 1.99. The Labute approximate surface area is 65.9 Å². The number of amides is 1. The van der Waals surface area contributed by atoms with Gasteiger partial charge in [0, 0.05) is 0 Å². The summed E-state index contributed by atoms with van der Waals surface area (Å²) >= 11 is 0. The van der Waals surface area contributed by atoms with Crippen molar-refractivity contribution in [3.8, 4) is 0 Å². The van der Waals surface area contributed by atoms with E-state index in [1.54, 1.807) is 5.48 Å². The lowest BCUT2D eigenvalue weighted by Gasteiger charge is -2.11. The predicted molar refractivity (Wildman–Crippen MR) is 40.2 cm³/mol. The first-order valence-corrected chi connectivity index (χ1v) is 4.02. The molecule has 3 N–H and O–H groups in total. The van der Waals surface area contributed by atoms with E-state index in [0.717, 1.165) is 25.8 Å². The van der Waals surface area contributed by atoms with Crippen molar-refractivity contribution in [2.75, 3.05) is 6.54 Å². The van der Waals surface area contributed by atoms with Crippen LogP contribution in [0.15, 0.2) is 0 Å². The molecule has 0 aromatic carbocycles. The smallest absolute Gasteiger partial charge is 0.260 e. The molecule has 11 heavy (non-hydrogen) atoms. The van der Waals surface area contributed by atoms with Gasteiger partial charge in [-0.25, -0.2) is 5.48 Å². The normalized spacial score (nSPS) is 25.7. The van der Waals surface area contributed by atoms with Gasteiger partial charge in [0.1, 0.15) is 0 Å². The summed E-state index contributed by atoms with van der Waals surface area (Å²) in [6.07, 6.45) is 4.18. The predicted octanol–water partition coefficient (Wildman–Crippen LogP) is 0.0240. The van der Waals surface area contributed by atoms with Crippen molar-refractivity contribution >= 4 is 5.91 Å². The summed E-state index contributed by atoms with van der Waals surface area (Å²) in [6.45, 7) is 0.873. The summed E-state index contributed by atoms with van der Waals surface area (Å²) < 4.78 is 0. The van der Waals surface area contributed by atoms with E-state index in [4.69, 9.17) is 5.21 Å². The molecule has 0 spiro atoms. The third-order valence-corrected chi connectivity index (χ3v) is 1.99. The Morgan fingerprint density at radius 3 is 3.00 bits per heavy atom. The van der Waals surface area contributed by atoms with Crippen LogP contribution in [0.3, 0.4) is 0 Å². The molecule has 0 aromatic rings. The minimum absolute atomic E-state index is 0.192. The Kier molecular flexibility index (Phi) is 3.32. The van der Waals surface area contributed by atoms with Gasteiger partial charge in [-0.15, -0.1) is 0 Å². The number of carbonyl (C=O) groups excluding carboxylic acids is 1. The molecule has 1 saturated heterocycles. The standard InChI is InChI=1S/C7H14N2O2/c10-7(9-11)6-4-2-1-3-5-8-6/h6,8,11H,1-5H2,(H,9,10). The summed E-state index contributed by atoms with van der Waals surface area (Å²) in [6, 6.07) is -0.192. The SMILES string of the molecule is O=C(NO)C1CCCCCN1. The summed E-state index contributed by atoms with van der Waals surface area (Å²) in [5, 5.41) is 11.4. The van der Waals surface area contributed by atoms with Gasteiger partial charge >= 0.3 is 0 Å². The molecular weight excluding hydrogens is 144 g/mol. The van der Waals surface area contributed by atoms with Crippen LogP contribution in [0.1, 0.15) is 25.7 Å². The van der Waals surface area contributed by atoms with Crippen LogP contribution in [-0.4, -0.2) is 23.7 Å². The highest BCUT2D eigenvalue weighted by Crippen LogP contribution is 2.07. The first-order valence-electron chi connectivity index (χ1n) is 4.02. The molecule has 4 nitrogen and oxygen atoms in total. The van der Waals surface area contributed by atoms with E-state index in [2.05, 4.69) is 5.32 Å². The molecule has 1 aliphatic heterocycles. The molecule has 0 aliphatic carbocycles. The van der Waals surface area contributed by atoms with E-state index in [0.29, 0.717) is 0 Å². The summed E-state index contributed by atoms with van der Waals surface area (Å²) in [7, 11) is 0. The highest BCUT2D eigenvalue weighted by molar-refractivity contribution is 5.80. The van der Waals surface area contributed by atoms with Crippen LogP contribution in [-0.2, 0) is 4.79 Å². The zero-order chi connectivity index (χ0) is 8.10. The number of carbonyl (C=O) groups is 1. The summed E-state index contributed by atoms with van der Waals surface area (Å²) in [4.78, 5) is 10.9. The second-order valence-corrected chi connectivity index (χ2v) is 2.83. The van der Waals surface area contributed by atoms with E-state index in [9.17, 15) is 4.79 Å². The van der Waals surface area contributed by atoms with Gasteiger partial charge in [-0.05, 0) is 19.4 Å². The molecule has 0 aromatic heterocycles. The highest BCUT2D eigenvalue weighted by atomic mass is 16.5. The Bertz CT molecular complexity index is 130. The van der Waals surface area contributed by atoms with Crippen LogP contribution in [0.5, 0.6) is 0 Å². The van der Waals surface area contributed by atoms with Crippen LogP contribution >= 0.6 is 0 Å². The molecule has 4 heteroatoms. The zero-order valence-electron chi connectivity index (χ0n) is 6.47. The number of hydroxylamine groups is 1. The monoisotopic (exact) mass is 158 g/mol. The lowest BCUT2D eigenvalue weighted by molar-refractivity contribution is -0.131. The molecular formula is C7H14N2O2. The zero-order valence-corrected chi connectivity index (χ0v) is 6.47. The Balaban J connectivity index is 2.36. The molecule has 1 unspecified atom stereocenters. The Hall–Kier alpha value is -0.610. The first-order chi connectivity index (χ1) is 5.34. The maximum absolute atomic E-state index is 10.9. The van der Waals surface area contributed by atoms with Gasteiger partial charge in [0.2, 0.25) is 0 Å². The van der Waals surface area contributed by atoms with E-state index in [1.807, 2.05) is 0 Å². The number of hydrogen-bond acceptors (Lipinski definition) is 3. The van der Waals surface area contributed by atoms with Gasteiger partial charge in [0.15, 0.2) is 0 Å². The van der Waals surface area contributed by atoms with Gasteiger partial charge < -0.3 is 5.32 Å². The molecule has 1 aliphatic rings. The van der Waals surface area contributed by atoms with E-state index in [1.165, 1.54) is 6.42 Å². The van der Waals surface area contributed by atoms with Gasteiger partial charge in [-0.2, -0.15) is 0 Å². The highest BCUT2D eigenvalue weighted by Gasteiger charge is 2.18.